The molecule has 0 aliphatic heterocycles. The normalized spacial score (nSPS) is 12.5. The van der Waals surface area contributed by atoms with Gasteiger partial charge < -0.3 is 10.3 Å². The number of aromatic amines is 1. The van der Waals surface area contributed by atoms with Gasteiger partial charge in [-0.2, -0.15) is 0 Å². The topological polar surface area (TPSA) is 57.8 Å². The van der Waals surface area contributed by atoms with E-state index in [9.17, 15) is 4.79 Å². The highest BCUT2D eigenvalue weighted by Crippen LogP contribution is 2.13. The third-order valence-electron chi connectivity index (χ3n) is 4.02. The minimum atomic E-state index is 0.0559. The molecule has 2 N–H and O–H groups in total. The van der Waals surface area contributed by atoms with Crippen LogP contribution in [-0.2, 0) is 6.54 Å². The number of pyridine rings is 2. The van der Waals surface area contributed by atoms with Crippen LogP contribution >= 0.6 is 0 Å². The molecule has 3 aromatic rings. The van der Waals surface area contributed by atoms with Crippen LogP contribution in [0.3, 0.4) is 0 Å². The summed E-state index contributed by atoms with van der Waals surface area (Å²) in [5.74, 6) is 0. The van der Waals surface area contributed by atoms with Crippen molar-refractivity contribution in [2.45, 2.75) is 33.4 Å². The van der Waals surface area contributed by atoms with E-state index in [1.807, 2.05) is 44.3 Å². The van der Waals surface area contributed by atoms with Crippen molar-refractivity contribution in [1.29, 1.82) is 0 Å². The van der Waals surface area contributed by atoms with Crippen molar-refractivity contribution in [2.24, 2.45) is 0 Å². The van der Waals surface area contributed by atoms with Crippen LogP contribution in [0.5, 0.6) is 0 Å². The number of nitrogens with one attached hydrogen (secondary N) is 2. The molecule has 0 aliphatic carbocycles. The van der Waals surface area contributed by atoms with Crippen LogP contribution in [0.1, 0.15) is 35.5 Å². The van der Waals surface area contributed by atoms with Gasteiger partial charge in [-0.05, 0) is 44.5 Å². The monoisotopic (exact) mass is 307 g/mol. The standard InChI is InChI=1S/C19H21N3O/c1-12-4-7-18-16(8-12)19(23)9-15(22-18)11-20-14(3)17-6-5-13(2)10-21-17/h4-10,14,20H,11H2,1-3H3,(H,22,23)/t14-/m0/s1. The number of aryl methyl sites for hydroxylation is 2. The maximum absolute atomic E-state index is 12.2. The molecule has 0 radical (unpaired) electrons. The Morgan fingerprint density at radius 3 is 2.65 bits per heavy atom. The minimum absolute atomic E-state index is 0.0559. The summed E-state index contributed by atoms with van der Waals surface area (Å²) in [6.07, 6.45) is 1.87. The number of nitrogens with zero attached hydrogens (tertiary/aromatic N) is 1. The van der Waals surface area contributed by atoms with Crippen LogP contribution in [0.15, 0.2) is 47.4 Å². The molecule has 23 heavy (non-hydrogen) atoms. The third kappa shape index (κ3) is 3.48. The van der Waals surface area contributed by atoms with Crippen molar-refractivity contribution in [3.63, 3.8) is 0 Å². The lowest BCUT2D eigenvalue weighted by atomic mass is 10.1. The summed E-state index contributed by atoms with van der Waals surface area (Å²) in [5.41, 5.74) is 5.05. The molecule has 118 valence electrons. The number of H-pyrrole nitrogens is 1. The van der Waals surface area contributed by atoms with E-state index >= 15 is 0 Å². The molecule has 0 aliphatic rings. The van der Waals surface area contributed by atoms with E-state index < -0.39 is 0 Å². The largest absolute Gasteiger partial charge is 0.357 e. The summed E-state index contributed by atoms with van der Waals surface area (Å²) in [7, 11) is 0. The van der Waals surface area contributed by atoms with E-state index in [4.69, 9.17) is 0 Å². The van der Waals surface area contributed by atoms with Gasteiger partial charge in [0.2, 0.25) is 0 Å². The van der Waals surface area contributed by atoms with Gasteiger partial charge in [-0.25, -0.2) is 0 Å². The predicted molar refractivity (Wildman–Crippen MR) is 93.5 cm³/mol. The molecule has 1 atom stereocenters. The summed E-state index contributed by atoms with van der Waals surface area (Å²) < 4.78 is 0. The highest BCUT2D eigenvalue weighted by atomic mass is 16.1. The second kappa shape index (κ2) is 6.34. The lowest BCUT2D eigenvalue weighted by Gasteiger charge is -2.14. The van der Waals surface area contributed by atoms with Gasteiger partial charge in [-0.1, -0.05) is 17.7 Å². The smallest absolute Gasteiger partial charge is 0.189 e. The summed E-state index contributed by atoms with van der Waals surface area (Å²) >= 11 is 0. The van der Waals surface area contributed by atoms with Crippen LogP contribution in [0.25, 0.3) is 10.9 Å². The van der Waals surface area contributed by atoms with Gasteiger partial charge in [0.25, 0.3) is 0 Å². The van der Waals surface area contributed by atoms with Crippen LogP contribution in [0.2, 0.25) is 0 Å². The van der Waals surface area contributed by atoms with E-state index in [0.29, 0.717) is 6.54 Å². The fraction of sp³-hybridized carbons (Fsp3) is 0.263. The molecule has 0 unspecified atom stereocenters. The van der Waals surface area contributed by atoms with Gasteiger partial charge in [-0.3, -0.25) is 9.78 Å². The van der Waals surface area contributed by atoms with Crippen LogP contribution in [0.4, 0.5) is 0 Å². The molecule has 0 saturated heterocycles. The second-order valence-corrected chi connectivity index (χ2v) is 6.07. The van der Waals surface area contributed by atoms with Gasteiger partial charge in [0.15, 0.2) is 5.43 Å². The number of aromatic nitrogens is 2. The Kier molecular flexibility index (Phi) is 4.26. The van der Waals surface area contributed by atoms with Crippen molar-refractivity contribution in [3.05, 3.63) is 75.3 Å². The van der Waals surface area contributed by atoms with Gasteiger partial charge in [0, 0.05) is 41.4 Å². The van der Waals surface area contributed by atoms with E-state index in [2.05, 4.69) is 28.3 Å². The van der Waals surface area contributed by atoms with Crippen molar-refractivity contribution >= 4 is 10.9 Å². The zero-order valence-electron chi connectivity index (χ0n) is 13.7. The fourth-order valence-electron chi connectivity index (χ4n) is 2.61. The molecule has 2 heterocycles. The maximum atomic E-state index is 12.2. The summed E-state index contributed by atoms with van der Waals surface area (Å²) in [6, 6.07) is 11.8. The van der Waals surface area contributed by atoms with Crippen molar-refractivity contribution in [3.8, 4) is 0 Å². The molecule has 4 heteroatoms. The van der Waals surface area contributed by atoms with Crippen molar-refractivity contribution in [1.82, 2.24) is 15.3 Å². The lowest BCUT2D eigenvalue weighted by Crippen LogP contribution is -2.20. The quantitative estimate of drug-likeness (QED) is 0.777. The van der Waals surface area contributed by atoms with Crippen LogP contribution < -0.4 is 10.7 Å². The Bertz CT molecular complexity index is 881. The Morgan fingerprint density at radius 1 is 1.13 bits per heavy atom. The highest BCUT2D eigenvalue weighted by molar-refractivity contribution is 5.79. The Hall–Kier alpha value is -2.46. The molecule has 0 fully saturated rings. The summed E-state index contributed by atoms with van der Waals surface area (Å²) in [4.78, 5) is 20.0. The predicted octanol–water partition coefficient (Wildman–Crippen LogP) is 3.39. The average molecular weight is 307 g/mol. The van der Waals surface area contributed by atoms with Gasteiger partial charge in [-0.15, -0.1) is 0 Å². The zero-order valence-corrected chi connectivity index (χ0v) is 13.7. The lowest BCUT2D eigenvalue weighted by molar-refractivity contribution is 0.555. The zero-order chi connectivity index (χ0) is 16.4. The molecule has 2 aromatic heterocycles. The molecule has 0 spiro atoms. The van der Waals surface area contributed by atoms with Crippen molar-refractivity contribution in [2.75, 3.05) is 0 Å². The summed E-state index contributed by atoms with van der Waals surface area (Å²) in [5, 5.41) is 4.14. The number of fused-ring (bicyclic) bond motifs is 1. The Balaban J connectivity index is 1.78. The number of rotatable bonds is 4. The molecule has 3 rings (SSSR count). The Labute approximate surface area is 135 Å². The molecular weight excluding hydrogens is 286 g/mol. The molecular formula is C19H21N3O. The van der Waals surface area contributed by atoms with Crippen LogP contribution in [-0.4, -0.2) is 9.97 Å². The number of benzene rings is 1. The highest BCUT2D eigenvalue weighted by Gasteiger charge is 2.07. The van der Waals surface area contributed by atoms with E-state index in [-0.39, 0.29) is 11.5 Å². The Morgan fingerprint density at radius 2 is 1.91 bits per heavy atom. The maximum Gasteiger partial charge on any atom is 0.189 e. The third-order valence-corrected chi connectivity index (χ3v) is 4.02. The van der Waals surface area contributed by atoms with Crippen molar-refractivity contribution < 1.29 is 0 Å². The second-order valence-electron chi connectivity index (χ2n) is 6.07. The number of hydrogen-bond donors (Lipinski definition) is 2. The van der Waals surface area contributed by atoms with E-state index in [1.54, 1.807) is 6.07 Å². The first-order valence-electron chi connectivity index (χ1n) is 7.81. The fourth-order valence-corrected chi connectivity index (χ4v) is 2.61. The molecule has 1 aromatic carbocycles. The minimum Gasteiger partial charge on any atom is -0.357 e. The first-order valence-corrected chi connectivity index (χ1v) is 7.81. The van der Waals surface area contributed by atoms with Crippen LogP contribution in [0, 0.1) is 13.8 Å². The van der Waals surface area contributed by atoms with E-state index in [0.717, 1.165) is 33.4 Å². The molecule has 0 amide bonds. The molecule has 0 bridgehead atoms. The molecule has 0 saturated carbocycles. The van der Waals surface area contributed by atoms with E-state index in [1.165, 1.54) is 0 Å². The summed E-state index contributed by atoms with van der Waals surface area (Å²) in [6.45, 7) is 6.68. The first-order chi connectivity index (χ1) is 11.0. The van der Waals surface area contributed by atoms with Gasteiger partial charge in [0.1, 0.15) is 0 Å². The van der Waals surface area contributed by atoms with Gasteiger partial charge in [0.05, 0.1) is 5.69 Å². The SMILES string of the molecule is Cc1ccc([C@H](C)NCc2cc(=O)c3cc(C)ccc3[nH]2)nc1. The average Bonchev–Trinajstić information content (AvgIpc) is 2.54. The van der Waals surface area contributed by atoms with Gasteiger partial charge >= 0.3 is 0 Å². The number of hydrogen-bond acceptors (Lipinski definition) is 3. The molecule has 4 nitrogen and oxygen atoms in total. The first kappa shape index (κ1) is 15.4.